The fourth-order valence-corrected chi connectivity index (χ4v) is 2.38. The molecule has 0 saturated carbocycles. The summed E-state index contributed by atoms with van der Waals surface area (Å²) >= 11 is 0. The highest BCUT2D eigenvalue weighted by Crippen LogP contribution is 2.30. The highest BCUT2D eigenvalue weighted by molar-refractivity contribution is 5.94. The molecular weight excluding hydrogens is 287 g/mol. The van der Waals surface area contributed by atoms with E-state index >= 15 is 0 Å². The van der Waals surface area contributed by atoms with Crippen LogP contribution in [0, 0.1) is 12.7 Å². The second-order valence-corrected chi connectivity index (χ2v) is 4.84. The highest BCUT2D eigenvalue weighted by atomic mass is 19.1. The number of rotatable bonds is 3. The van der Waals surface area contributed by atoms with E-state index in [1.54, 1.807) is 41.7 Å². The Labute approximate surface area is 125 Å². The number of imidazole rings is 1. The number of benzene rings is 1. The lowest BCUT2D eigenvalue weighted by atomic mass is 10.1. The molecule has 2 heterocycles. The predicted octanol–water partition coefficient (Wildman–Crippen LogP) is 3.16. The van der Waals surface area contributed by atoms with Crippen LogP contribution in [-0.4, -0.2) is 27.6 Å². The average molecular weight is 300 g/mol. The highest BCUT2D eigenvalue weighted by Gasteiger charge is 2.22. The molecule has 0 bridgehead atoms. The molecule has 5 nitrogen and oxygen atoms in total. The summed E-state index contributed by atoms with van der Waals surface area (Å²) < 4.78 is 20.7. The molecule has 0 radical (unpaired) electrons. The smallest absolute Gasteiger partial charge is 0.356 e. The molecule has 2 aromatic heterocycles. The zero-order valence-corrected chi connectivity index (χ0v) is 12.0. The van der Waals surface area contributed by atoms with Gasteiger partial charge in [0, 0.05) is 5.56 Å². The Hall–Kier alpha value is -2.89. The Morgan fingerprint density at radius 3 is 2.73 bits per heavy atom. The lowest BCUT2D eigenvalue weighted by Gasteiger charge is -2.09. The van der Waals surface area contributed by atoms with Crippen molar-refractivity contribution in [3.8, 4) is 17.1 Å². The average Bonchev–Trinajstić information content (AvgIpc) is 2.89. The molecule has 0 unspecified atom stereocenters. The van der Waals surface area contributed by atoms with Gasteiger partial charge in [0.05, 0.1) is 12.8 Å². The van der Waals surface area contributed by atoms with Crippen molar-refractivity contribution in [2.24, 2.45) is 0 Å². The van der Waals surface area contributed by atoms with E-state index in [4.69, 9.17) is 4.74 Å². The Morgan fingerprint density at radius 1 is 1.32 bits per heavy atom. The van der Waals surface area contributed by atoms with Crippen LogP contribution in [0.1, 0.15) is 16.1 Å². The van der Waals surface area contributed by atoms with E-state index in [-0.39, 0.29) is 5.69 Å². The number of carboxylic acid groups (broad SMARTS) is 1. The van der Waals surface area contributed by atoms with Crippen molar-refractivity contribution in [3.05, 3.63) is 53.5 Å². The number of hydrogen-bond donors (Lipinski definition) is 1. The third-order valence-electron chi connectivity index (χ3n) is 3.46. The number of aromatic carboxylic acids is 1. The van der Waals surface area contributed by atoms with E-state index in [1.807, 2.05) is 0 Å². The van der Waals surface area contributed by atoms with Crippen molar-refractivity contribution >= 4 is 11.6 Å². The summed E-state index contributed by atoms with van der Waals surface area (Å²) in [4.78, 5) is 15.6. The number of nitrogens with zero attached hydrogens (tertiary/aromatic N) is 2. The number of ether oxygens (including phenoxy) is 1. The maximum absolute atomic E-state index is 13.9. The first kappa shape index (κ1) is 14.1. The first-order valence-corrected chi connectivity index (χ1v) is 6.58. The maximum atomic E-state index is 13.9. The van der Waals surface area contributed by atoms with E-state index < -0.39 is 11.8 Å². The summed E-state index contributed by atoms with van der Waals surface area (Å²) in [5.41, 5.74) is 1.48. The van der Waals surface area contributed by atoms with Crippen LogP contribution in [0.4, 0.5) is 4.39 Å². The molecule has 22 heavy (non-hydrogen) atoms. The number of hydrogen-bond acceptors (Lipinski definition) is 3. The first-order valence-electron chi connectivity index (χ1n) is 6.58. The van der Waals surface area contributed by atoms with Crippen molar-refractivity contribution in [2.45, 2.75) is 6.92 Å². The van der Waals surface area contributed by atoms with Gasteiger partial charge in [-0.05, 0) is 30.7 Å². The van der Waals surface area contributed by atoms with Gasteiger partial charge in [-0.1, -0.05) is 18.2 Å². The van der Waals surface area contributed by atoms with Crippen molar-refractivity contribution in [2.75, 3.05) is 7.11 Å². The van der Waals surface area contributed by atoms with Crippen LogP contribution in [0.5, 0.6) is 5.88 Å². The summed E-state index contributed by atoms with van der Waals surface area (Å²) in [5, 5.41) is 9.41. The van der Waals surface area contributed by atoms with E-state index in [2.05, 4.69) is 4.98 Å². The van der Waals surface area contributed by atoms with Gasteiger partial charge in [-0.15, -0.1) is 0 Å². The van der Waals surface area contributed by atoms with Crippen LogP contribution in [0.15, 0.2) is 36.4 Å². The Morgan fingerprint density at radius 2 is 2.09 bits per heavy atom. The molecule has 0 aliphatic rings. The lowest BCUT2D eigenvalue weighted by Crippen LogP contribution is -2.02. The molecule has 112 valence electrons. The quantitative estimate of drug-likeness (QED) is 0.807. The van der Waals surface area contributed by atoms with Gasteiger partial charge in [0.25, 0.3) is 0 Å². The number of halogens is 1. The molecular formula is C16H13FN2O3. The van der Waals surface area contributed by atoms with E-state index in [1.165, 1.54) is 13.2 Å². The summed E-state index contributed by atoms with van der Waals surface area (Å²) in [6, 6.07) is 9.65. The molecule has 6 heteroatoms. The number of fused-ring (bicyclic) bond motifs is 1. The summed E-state index contributed by atoms with van der Waals surface area (Å²) in [7, 11) is 1.48. The number of carboxylic acids is 1. The second kappa shape index (κ2) is 5.14. The Balaban J connectivity index is 2.41. The van der Waals surface area contributed by atoms with Crippen molar-refractivity contribution in [1.82, 2.24) is 9.38 Å². The molecule has 0 amide bonds. The predicted molar refractivity (Wildman–Crippen MR) is 78.8 cm³/mol. The van der Waals surface area contributed by atoms with Gasteiger partial charge < -0.3 is 9.84 Å². The van der Waals surface area contributed by atoms with Crippen molar-refractivity contribution in [3.63, 3.8) is 0 Å². The summed E-state index contributed by atoms with van der Waals surface area (Å²) in [5.74, 6) is -1.16. The molecule has 0 saturated heterocycles. The van der Waals surface area contributed by atoms with Crippen molar-refractivity contribution < 1.29 is 19.0 Å². The molecule has 3 aromatic rings. The van der Waals surface area contributed by atoms with Gasteiger partial charge in [0.2, 0.25) is 0 Å². The number of pyridine rings is 1. The molecule has 0 aliphatic carbocycles. The normalized spacial score (nSPS) is 10.9. The standard InChI is InChI=1S/C16H13FN2O3/c1-9-6-7-10(8-11(9)17)15-14(16(20)21)18-12-4-3-5-13(22-2)19(12)15/h3-8H,1-2H3,(H,20,21). The topological polar surface area (TPSA) is 63.8 Å². The van der Waals surface area contributed by atoms with Gasteiger partial charge in [-0.25, -0.2) is 14.2 Å². The zero-order valence-electron chi connectivity index (χ0n) is 12.0. The van der Waals surface area contributed by atoms with E-state index in [9.17, 15) is 14.3 Å². The lowest BCUT2D eigenvalue weighted by molar-refractivity contribution is 0.0692. The van der Waals surface area contributed by atoms with Crippen LogP contribution in [0.2, 0.25) is 0 Å². The molecule has 0 aliphatic heterocycles. The molecule has 3 rings (SSSR count). The summed E-state index contributed by atoms with van der Waals surface area (Å²) in [6.45, 7) is 1.65. The Kier molecular flexibility index (Phi) is 3.29. The second-order valence-electron chi connectivity index (χ2n) is 4.84. The molecule has 1 N–H and O–H groups in total. The van der Waals surface area contributed by atoms with Crippen LogP contribution >= 0.6 is 0 Å². The van der Waals surface area contributed by atoms with Gasteiger partial charge in [0.15, 0.2) is 11.6 Å². The third-order valence-corrected chi connectivity index (χ3v) is 3.46. The van der Waals surface area contributed by atoms with E-state index in [0.717, 1.165) is 0 Å². The van der Waals surface area contributed by atoms with Crippen LogP contribution in [0.3, 0.4) is 0 Å². The minimum absolute atomic E-state index is 0.146. The molecule has 0 fully saturated rings. The summed E-state index contributed by atoms with van der Waals surface area (Å²) in [6.07, 6.45) is 0. The minimum atomic E-state index is -1.18. The van der Waals surface area contributed by atoms with E-state index in [0.29, 0.717) is 28.3 Å². The van der Waals surface area contributed by atoms with Gasteiger partial charge in [-0.3, -0.25) is 4.40 Å². The fraction of sp³-hybridized carbons (Fsp3) is 0.125. The number of carbonyl (C=O) groups is 1. The number of methoxy groups -OCH3 is 1. The largest absolute Gasteiger partial charge is 0.482 e. The monoisotopic (exact) mass is 300 g/mol. The number of aryl methyl sites for hydroxylation is 1. The SMILES string of the molecule is COc1cccc2nc(C(=O)O)c(-c3ccc(C)c(F)c3)n12. The maximum Gasteiger partial charge on any atom is 0.356 e. The molecule has 1 aromatic carbocycles. The third kappa shape index (κ3) is 2.09. The van der Waals surface area contributed by atoms with Crippen LogP contribution in [0.25, 0.3) is 16.9 Å². The van der Waals surface area contributed by atoms with Gasteiger partial charge >= 0.3 is 5.97 Å². The van der Waals surface area contributed by atoms with Crippen LogP contribution in [-0.2, 0) is 0 Å². The zero-order chi connectivity index (χ0) is 15.9. The van der Waals surface area contributed by atoms with Crippen LogP contribution < -0.4 is 4.74 Å². The minimum Gasteiger partial charge on any atom is -0.482 e. The Bertz CT molecular complexity index is 886. The van der Waals surface area contributed by atoms with Gasteiger partial charge in [-0.2, -0.15) is 0 Å². The fourth-order valence-electron chi connectivity index (χ4n) is 2.38. The number of aromatic nitrogens is 2. The van der Waals surface area contributed by atoms with Gasteiger partial charge in [0.1, 0.15) is 11.5 Å². The van der Waals surface area contributed by atoms with Crippen molar-refractivity contribution in [1.29, 1.82) is 0 Å². The molecule has 0 spiro atoms. The first-order chi connectivity index (χ1) is 10.5. The molecule has 0 atom stereocenters.